The molecule has 2 rings (SSSR count). The monoisotopic (exact) mass is 346 g/mol. The van der Waals surface area contributed by atoms with Crippen molar-refractivity contribution in [2.45, 2.75) is 4.90 Å². The summed E-state index contributed by atoms with van der Waals surface area (Å²) in [4.78, 5) is 10.4. The van der Waals surface area contributed by atoms with Crippen LogP contribution in [0.15, 0.2) is 64.6 Å². The van der Waals surface area contributed by atoms with Crippen molar-refractivity contribution < 1.29 is 13.3 Å². The molecule has 0 amide bonds. The van der Waals surface area contributed by atoms with E-state index in [1.165, 1.54) is 36.5 Å². The van der Waals surface area contributed by atoms with E-state index in [0.29, 0.717) is 11.3 Å². The largest absolute Gasteiger partial charge is 0.279 e. The summed E-state index contributed by atoms with van der Waals surface area (Å²) in [5, 5.41) is 19.8. The molecule has 2 aromatic rings. The van der Waals surface area contributed by atoms with Crippen molar-refractivity contribution in [3.8, 4) is 0 Å². The molecule has 24 heavy (non-hydrogen) atoms. The van der Waals surface area contributed by atoms with Crippen LogP contribution in [0.3, 0.4) is 0 Å². The van der Waals surface area contributed by atoms with Crippen LogP contribution in [0.4, 0.5) is 11.4 Å². The van der Waals surface area contributed by atoms with Crippen molar-refractivity contribution in [1.82, 2.24) is 0 Å². The molecular formula is C15H14N4O4S. The van der Waals surface area contributed by atoms with Crippen LogP contribution in [0.5, 0.6) is 0 Å². The minimum Gasteiger partial charge on any atom is -0.279 e. The van der Waals surface area contributed by atoms with Gasteiger partial charge in [0, 0.05) is 12.3 Å². The quantitative estimate of drug-likeness (QED) is 0.471. The Morgan fingerprint density at radius 1 is 1.12 bits per heavy atom. The molecule has 0 saturated heterocycles. The molecule has 0 atom stereocenters. The van der Waals surface area contributed by atoms with E-state index < -0.39 is 14.9 Å². The van der Waals surface area contributed by atoms with Gasteiger partial charge in [0.1, 0.15) is 0 Å². The molecule has 0 aromatic heterocycles. The summed E-state index contributed by atoms with van der Waals surface area (Å²) in [6.07, 6.45) is 4.53. The van der Waals surface area contributed by atoms with E-state index in [2.05, 4.69) is 10.5 Å². The van der Waals surface area contributed by atoms with Crippen molar-refractivity contribution >= 4 is 33.7 Å². The molecule has 0 fully saturated rings. The molecular weight excluding hydrogens is 332 g/mol. The molecule has 0 aliphatic rings. The first-order chi connectivity index (χ1) is 11.4. The number of hydrogen-bond donors (Lipinski definition) is 2. The van der Waals surface area contributed by atoms with Gasteiger partial charge in [-0.25, -0.2) is 13.6 Å². The number of sulfonamides is 1. The Labute approximate surface area is 138 Å². The van der Waals surface area contributed by atoms with Gasteiger partial charge in [-0.2, -0.15) is 5.10 Å². The van der Waals surface area contributed by atoms with E-state index >= 15 is 0 Å². The van der Waals surface area contributed by atoms with Gasteiger partial charge in [0.25, 0.3) is 5.69 Å². The van der Waals surface area contributed by atoms with Crippen LogP contribution in [0.1, 0.15) is 5.56 Å². The van der Waals surface area contributed by atoms with Gasteiger partial charge in [-0.1, -0.05) is 12.1 Å². The molecule has 3 N–H and O–H groups in total. The Bertz CT molecular complexity index is 890. The second kappa shape index (κ2) is 7.49. The highest BCUT2D eigenvalue weighted by Gasteiger charge is 2.08. The second-order valence-corrected chi connectivity index (χ2v) is 6.20. The molecule has 0 unspecified atom stereocenters. The number of anilines is 1. The van der Waals surface area contributed by atoms with Crippen LogP contribution < -0.4 is 10.6 Å². The Hall–Kier alpha value is -3.04. The SMILES string of the molecule is NS(=O)(=O)c1ccc(N/N=C\C=C\c2ccccc2[N+](=O)[O-])cc1. The summed E-state index contributed by atoms with van der Waals surface area (Å²) in [6.45, 7) is 0. The number of nitro benzene ring substituents is 1. The minimum atomic E-state index is -3.72. The number of nitrogens with two attached hydrogens (primary N) is 1. The van der Waals surface area contributed by atoms with Crippen LogP contribution in [-0.2, 0) is 10.0 Å². The van der Waals surface area contributed by atoms with Gasteiger partial charge >= 0.3 is 0 Å². The molecule has 0 aliphatic heterocycles. The zero-order chi connectivity index (χ0) is 17.6. The Kier molecular flexibility index (Phi) is 5.40. The van der Waals surface area contributed by atoms with E-state index in [4.69, 9.17) is 5.14 Å². The van der Waals surface area contributed by atoms with Crippen molar-refractivity contribution in [3.05, 3.63) is 70.3 Å². The fraction of sp³-hybridized carbons (Fsp3) is 0. The molecule has 0 radical (unpaired) electrons. The molecule has 0 heterocycles. The van der Waals surface area contributed by atoms with Gasteiger partial charge < -0.3 is 0 Å². The highest BCUT2D eigenvalue weighted by atomic mass is 32.2. The van der Waals surface area contributed by atoms with Gasteiger partial charge in [0.15, 0.2) is 0 Å². The molecule has 2 aromatic carbocycles. The maximum atomic E-state index is 11.1. The van der Waals surface area contributed by atoms with Crippen LogP contribution in [-0.4, -0.2) is 19.6 Å². The number of benzene rings is 2. The summed E-state index contributed by atoms with van der Waals surface area (Å²) in [5.41, 5.74) is 3.74. The average molecular weight is 346 g/mol. The number of allylic oxidation sites excluding steroid dienone is 1. The Morgan fingerprint density at radius 2 is 1.79 bits per heavy atom. The maximum absolute atomic E-state index is 11.1. The average Bonchev–Trinajstić information content (AvgIpc) is 2.54. The summed E-state index contributed by atoms with van der Waals surface area (Å²) in [6, 6.07) is 12.1. The summed E-state index contributed by atoms with van der Waals surface area (Å²) in [5.74, 6) is 0. The smallest absolute Gasteiger partial charge is 0.276 e. The third kappa shape index (κ3) is 4.73. The number of hydrazone groups is 1. The lowest BCUT2D eigenvalue weighted by Crippen LogP contribution is -2.11. The number of nitrogens with zero attached hydrogens (tertiary/aromatic N) is 2. The van der Waals surface area contributed by atoms with E-state index in [9.17, 15) is 18.5 Å². The highest BCUT2D eigenvalue weighted by Crippen LogP contribution is 2.18. The van der Waals surface area contributed by atoms with Gasteiger partial charge in [-0.05, 0) is 42.5 Å². The predicted octanol–water partition coefficient (Wildman–Crippen LogP) is 2.35. The van der Waals surface area contributed by atoms with Crippen LogP contribution in [0, 0.1) is 10.1 Å². The lowest BCUT2D eigenvalue weighted by molar-refractivity contribution is -0.385. The van der Waals surface area contributed by atoms with E-state index in [1.807, 2.05) is 0 Å². The highest BCUT2D eigenvalue weighted by molar-refractivity contribution is 7.89. The Morgan fingerprint density at radius 3 is 2.42 bits per heavy atom. The molecule has 9 heteroatoms. The normalized spacial score (nSPS) is 11.9. The van der Waals surface area contributed by atoms with Crippen molar-refractivity contribution in [3.63, 3.8) is 0 Å². The van der Waals surface area contributed by atoms with Crippen LogP contribution in [0.25, 0.3) is 6.08 Å². The molecule has 0 bridgehead atoms. The third-order valence-corrected chi connectivity index (χ3v) is 3.88. The standard InChI is InChI=1S/C15H14N4O4S/c16-24(22,23)14-9-7-13(8-10-14)18-17-11-3-5-12-4-1-2-6-15(12)19(20)21/h1-11,18H,(H2,16,22,23)/b5-3+,17-11-. The zero-order valence-corrected chi connectivity index (χ0v) is 13.2. The van der Waals surface area contributed by atoms with Crippen LogP contribution >= 0.6 is 0 Å². The van der Waals surface area contributed by atoms with Crippen molar-refractivity contribution in [1.29, 1.82) is 0 Å². The molecule has 0 saturated carbocycles. The first-order valence-corrected chi connectivity index (χ1v) is 8.24. The summed E-state index contributed by atoms with van der Waals surface area (Å²) in [7, 11) is -3.72. The number of nitrogens with one attached hydrogen (secondary N) is 1. The first kappa shape index (κ1) is 17.3. The number of rotatable bonds is 6. The maximum Gasteiger partial charge on any atom is 0.276 e. The lowest BCUT2D eigenvalue weighted by atomic mass is 10.2. The molecule has 8 nitrogen and oxygen atoms in total. The summed E-state index contributed by atoms with van der Waals surface area (Å²) < 4.78 is 22.2. The fourth-order valence-corrected chi connectivity index (χ4v) is 2.33. The third-order valence-electron chi connectivity index (χ3n) is 2.95. The lowest BCUT2D eigenvalue weighted by Gasteiger charge is -2.01. The van der Waals surface area contributed by atoms with E-state index in [-0.39, 0.29) is 10.6 Å². The topological polar surface area (TPSA) is 128 Å². The van der Waals surface area contributed by atoms with Crippen molar-refractivity contribution in [2.24, 2.45) is 10.2 Å². The molecule has 0 aliphatic carbocycles. The zero-order valence-electron chi connectivity index (χ0n) is 12.4. The van der Waals surface area contributed by atoms with Gasteiger partial charge in [0.05, 0.1) is 21.1 Å². The first-order valence-electron chi connectivity index (χ1n) is 6.70. The Balaban J connectivity index is 1.99. The van der Waals surface area contributed by atoms with E-state index in [0.717, 1.165) is 0 Å². The number of hydrogen-bond acceptors (Lipinski definition) is 6. The second-order valence-electron chi connectivity index (χ2n) is 4.63. The fourth-order valence-electron chi connectivity index (χ4n) is 1.82. The van der Waals surface area contributed by atoms with Gasteiger partial charge in [-0.3, -0.25) is 15.5 Å². The minimum absolute atomic E-state index is 0.00770. The predicted molar refractivity (Wildman–Crippen MR) is 92.1 cm³/mol. The number of nitro groups is 1. The van der Waals surface area contributed by atoms with Gasteiger partial charge in [-0.15, -0.1) is 0 Å². The number of para-hydroxylation sites is 1. The van der Waals surface area contributed by atoms with E-state index in [1.54, 1.807) is 30.4 Å². The summed E-state index contributed by atoms with van der Waals surface area (Å²) >= 11 is 0. The van der Waals surface area contributed by atoms with Gasteiger partial charge in [0.2, 0.25) is 10.0 Å². The molecule has 124 valence electrons. The number of primary sulfonamides is 1. The molecule has 0 spiro atoms. The van der Waals surface area contributed by atoms with Crippen molar-refractivity contribution in [2.75, 3.05) is 5.43 Å². The van der Waals surface area contributed by atoms with Crippen LogP contribution in [0.2, 0.25) is 0 Å².